The molecule has 0 N–H and O–H groups in total. The molecule has 0 saturated heterocycles. The summed E-state index contributed by atoms with van der Waals surface area (Å²) < 4.78 is 0. The van der Waals surface area contributed by atoms with Gasteiger partial charge in [-0.25, -0.2) is 0 Å². The molecule has 0 bridgehead atoms. The molecule has 0 aromatic rings. The van der Waals surface area contributed by atoms with Gasteiger partial charge in [0, 0.05) is 0 Å². The summed E-state index contributed by atoms with van der Waals surface area (Å²) in [5.41, 5.74) is 0. The average Bonchev–Trinajstić information content (AvgIpc) is 2.42. The van der Waals surface area contributed by atoms with Gasteiger partial charge in [0.25, 0.3) is 0 Å². The molecule has 14 heteroatoms. The summed E-state index contributed by atoms with van der Waals surface area (Å²) >= 11 is 0. The molecular weight excluding hydrogens is 476 g/mol. The second kappa shape index (κ2) is 22.3. The van der Waals surface area contributed by atoms with Gasteiger partial charge in [-0.05, 0) is 36.5 Å². The summed E-state index contributed by atoms with van der Waals surface area (Å²) in [5, 5.41) is 56.5. The Morgan fingerprint density at radius 2 is 0.423 bits per heavy atom. The molecule has 0 fully saturated rings. The van der Waals surface area contributed by atoms with Gasteiger partial charge in [0.1, 0.15) is 0 Å². The molecule has 0 aromatic carbocycles. The van der Waals surface area contributed by atoms with E-state index in [2.05, 4.69) is 0 Å². The van der Waals surface area contributed by atoms with Crippen molar-refractivity contribution in [3.05, 3.63) is 36.5 Å². The number of hydrogen-bond donors (Lipinski definition) is 0. The van der Waals surface area contributed by atoms with Gasteiger partial charge in [0.15, 0.2) is 0 Å². The van der Waals surface area contributed by atoms with E-state index >= 15 is 0 Å². The second-order valence-electron chi connectivity index (χ2n) is 2.91. The molecule has 0 radical (unpaired) electrons. The molecule has 0 rings (SSSR count). The molecular formula is C12H6Ga2O12. The van der Waals surface area contributed by atoms with Gasteiger partial charge in [-0.2, -0.15) is 0 Å². The second-order valence-corrected chi connectivity index (χ2v) is 2.91. The Labute approximate surface area is 171 Å². The number of carboxylic acids is 6. The Morgan fingerprint density at radius 3 is 0.462 bits per heavy atom. The third kappa shape index (κ3) is 58.0. The van der Waals surface area contributed by atoms with Crippen LogP contribution >= 0.6 is 0 Å². The summed E-state index contributed by atoms with van der Waals surface area (Å²) in [6.07, 6.45) is 2.31. The number of aliphatic carboxylic acids is 6. The van der Waals surface area contributed by atoms with Crippen LogP contribution in [0.2, 0.25) is 0 Å². The number of carbonyl (C=O) groups excluding carboxylic acids is 6. The van der Waals surface area contributed by atoms with E-state index in [1.54, 1.807) is 0 Å². The number of carbonyl (C=O) groups is 6. The first-order valence-electron chi connectivity index (χ1n) is 5.18. The fraction of sp³-hybridized carbons (Fsp3) is 0. The van der Waals surface area contributed by atoms with Crippen LogP contribution in [-0.2, 0) is 28.8 Å². The Kier molecular flexibility index (Phi) is 29.7. The van der Waals surface area contributed by atoms with Crippen LogP contribution in [0.15, 0.2) is 36.5 Å². The normalized spacial score (nSPS) is 8.77. The number of rotatable bonds is 6. The van der Waals surface area contributed by atoms with Gasteiger partial charge in [0.05, 0.1) is 35.8 Å². The zero-order valence-electron chi connectivity index (χ0n) is 12.5. The Morgan fingerprint density at radius 1 is 0.346 bits per heavy atom. The van der Waals surface area contributed by atoms with Crippen molar-refractivity contribution >= 4 is 75.4 Å². The fourth-order valence-electron chi connectivity index (χ4n) is 0.408. The smallest absolute Gasteiger partial charge is 0.545 e. The molecule has 0 heterocycles. The van der Waals surface area contributed by atoms with Crippen LogP contribution in [0.25, 0.3) is 0 Å². The quantitative estimate of drug-likeness (QED) is 0.253. The molecule has 0 aromatic heterocycles. The van der Waals surface area contributed by atoms with Crippen molar-refractivity contribution in [1.82, 2.24) is 0 Å². The first kappa shape index (κ1) is 34.6. The van der Waals surface area contributed by atoms with E-state index in [1.165, 1.54) is 0 Å². The van der Waals surface area contributed by atoms with Gasteiger partial charge >= 0.3 is 39.6 Å². The summed E-state index contributed by atoms with van der Waals surface area (Å²) in [6.45, 7) is 0. The van der Waals surface area contributed by atoms with Crippen molar-refractivity contribution in [2.24, 2.45) is 0 Å². The van der Waals surface area contributed by atoms with E-state index in [9.17, 15) is 59.4 Å². The van der Waals surface area contributed by atoms with Crippen LogP contribution in [0.3, 0.4) is 0 Å². The molecule has 0 aliphatic carbocycles. The van der Waals surface area contributed by atoms with Gasteiger partial charge in [-0.1, -0.05) is 0 Å². The predicted molar refractivity (Wildman–Crippen MR) is 69.0 cm³/mol. The number of carboxylic acid groups (broad SMARTS) is 6. The topological polar surface area (TPSA) is 241 Å². The minimum atomic E-state index is -1.55. The van der Waals surface area contributed by atoms with E-state index in [4.69, 9.17) is 0 Å². The largest absolute Gasteiger partial charge is 3.00 e. The summed E-state index contributed by atoms with van der Waals surface area (Å²) in [5.74, 6) is -9.28. The van der Waals surface area contributed by atoms with Crippen molar-refractivity contribution in [2.75, 3.05) is 0 Å². The molecule has 26 heavy (non-hydrogen) atoms. The zero-order chi connectivity index (χ0) is 19.7. The van der Waals surface area contributed by atoms with Crippen LogP contribution in [0, 0.1) is 0 Å². The third-order valence-electron chi connectivity index (χ3n) is 1.07. The van der Waals surface area contributed by atoms with Crippen LogP contribution in [-0.4, -0.2) is 75.4 Å². The first-order chi connectivity index (χ1) is 10.9. The minimum Gasteiger partial charge on any atom is -0.545 e. The molecule has 0 aliphatic rings. The maximum Gasteiger partial charge on any atom is 3.00 e. The minimum absolute atomic E-state index is 0. The van der Waals surface area contributed by atoms with Crippen LogP contribution in [0.4, 0.5) is 0 Å². The molecule has 12 nitrogen and oxygen atoms in total. The molecule has 0 atom stereocenters. The van der Waals surface area contributed by atoms with Crippen molar-refractivity contribution in [3.63, 3.8) is 0 Å². The molecule has 132 valence electrons. The molecule has 0 saturated carbocycles. The Bertz CT molecular complexity index is 448. The zero-order valence-corrected chi connectivity index (χ0v) is 17.4. The van der Waals surface area contributed by atoms with Gasteiger partial charge in [-0.15, -0.1) is 0 Å². The SMILES string of the molecule is O=C([O-])C=CC(=O)[O-].O=C([O-])C=CC(=O)[O-].O=C([O-])C=CC(=O)[O-].[Ga+3].[Ga+3]. The van der Waals surface area contributed by atoms with Gasteiger partial charge < -0.3 is 59.4 Å². The molecule has 0 unspecified atom stereocenters. The van der Waals surface area contributed by atoms with Crippen LogP contribution < -0.4 is 30.6 Å². The van der Waals surface area contributed by atoms with Crippen molar-refractivity contribution < 1.29 is 59.4 Å². The standard InChI is InChI=1S/3C4H4O4.2Ga/c3*5-3(6)1-2-4(7)8;;/h3*1-2H,(H,5,6)(H,7,8);;/q;;;2*+3/p-6. The molecule has 0 amide bonds. The van der Waals surface area contributed by atoms with Crippen molar-refractivity contribution in [2.45, 2.75) is 0 Å². The Balaban J connectivity index is -0.0000000817. The van der Waals surface area contributed by atoms with E-state index in [1.807, 2.05) is 0 Å². The maximum absolute atomic E-state index is 9.41. The summed E-state index contributed by atoms with van der Waals surface area (Å²) in [7, 11) is 0. The van der Waals surface area contributed by atoms with E-state index in [0.717, 1.165) is 0 Å². The Hall–Kier alpha value is -2.69. The third-order valence-corrected chi connectivity index (χ3v) is 1.07. The summed E-state index contributed by atoms with van der Waals surface area (Å²) in [6, 6.07) is 0. The first-order valence-corrected chi connectivity index (χ1v) is 5.18. The fourth-order valence-corrected chi connectivity index (χ4v) is 0.408. The van der Waals surface area contributed by atoms with E-state index in [-0.39, 0.29) is 39.6 Å². The van der Waals surface area contributed by atoms with E-state index < -0.39 is 35.8 Å². The van der Waals surface area contributed by atoms with Crippen LogP contribution in [0.5, 0.6) is 0 Å². The predicted octanol–water partition coefficient (Wildman–Crippen LogP) is -9.63. The van der Waals surface area contributed by atoms with Gasteiger partial charge in [-0.3, -0.25) is 0 Å². The van der Waals surface area contributed by atoms with E-state index in [0.29, 0.717) is 36.5 Å². The maximum atomic E-state index is 9.41. The molecule has 0 aliphatic heterocycles. The van der Waals surface area contributed by atoms with Crippen molar-refractivity contribution in [1.29, 1.82) is 0 Å². The molecule has 0 spiro atoms. The van der Waals surface area contributed by atoms with Crippen molar-refractivity contribution in [3.8, 4) is 0 Å². The average molecular weight is 482 g/mol. The monoisotopic (exact) mass is 480 g/mol. The van der Waals surface area contributed by atoms with Gasteiger partial charge in [0.2, 0.25) is 0 Å². The summed E-state index contributed by atoms with van der Waals surface area (Å²) in [4.78, 5) is 56.5. The van der Waals surface area contributed by atoms with Crippen LogP contribution in [0.1, 0.15) is 0 Å². The number of hydrogen-bond acceptors (Lipinski definition) is 12.